The Labute approximate surface area is 91.7 Å². The van der Waals surface area contributed by atoms with Gasteiger partial charge in [-0.15, -0.1) is 0 Å². The second-order valence-electron chi connectivity index (χ2n) is 3.77. The number of halogens is 1. The van der Waals surface area contributed by atoms with Gasteiger partial charge in [-0.05, 0) is 47.3 Å². The summed E-state index contributed by atoms with van der Waals surface area (Å²) in [6.07, 6.45) is 4.65. The van der Waals surface area contributed by atoms with Gasteiger partial charge in [0.2, 0.25) is 0 Å². The zero-order valence-corrected chi connectivity index (χ0v) is 9.42. The van der Waals surface area contributed by atoms with Crippen molar-refractivity contribution in [2.24, 2.45) is 0 Å². The second kappa shape index (κ2) is 3.87. The van der Waals surface area contributed by atoms with Crippen LogP contribution in [0.4, 0.5) is 5.82 Å². The van der Waals surface area contributed by atoms with Crippen LogP contribution in [-0.2, 0) is 0 Å². The standard InChI is InChI=1S/C10H13BrN2O/c11-8-3-1-6-12-9(8)13-7-10(14)4-2-5-10/h1,3,6,14H,2,4-5,7H2,(H,12,13). The number of nitrogens with zero attached hydrogens (tertiary/aromatic N) is 1. The number of hydrogen-bond donors (Lipinski definition) is 2. The normalized spacial score (nSPS) is 18.7. The van der Waals surface area contributed by atoms with Gasteiger partial charge in [0.15, 0.2) is 0 Å². The minimum atomic E-state index is -0.503. The molecular weight excluding hydrogens is 244 g/mol. The molecule has 2 N–H and O–H groups in total. The maximum Gasteiger partial charge on any atom is 0.140 e. The summed E-state index contributed by atoms with van der Waals surface area (Å²) in [5.41, 5.74) is -0.503. The van der Waals surface area contributed by atoms with Crippen molar-refractivity contribution in [3.05, 3.63) is 22.8 Å². The zero-order chi connectivity index (χ0) is 10.0. The lowest BCUT2D eigenvalue weighted by atomic mass is 9.80. The van der Waals surface area contributed by atoms with E-state index in [-0.39, 0.29) is 0 Å². The topological polar surface area (TPSA) is 45.1 Å². The molecule has 1 heterocycles. The number of rotatable bonds is 3. The number of pyridine rings is 1. The van der Waals surface area contributed by atoms with E-state index < -0.39 is 5.60 Å². The van der Waals surface area contributed by atoms with Gasteiger partial charge in [0.05, 0.1) is 10.1 Å². The van der Waals surface area contributed by atoms with E-state index in [0.29, 0.717) is 6.54 Å². The third-order valence-electron chi connectivity index (χ3n) is 2.63. The van der Waals surface area contributed by atoms with E-state index in [4.69, 9.17) is 0 Å². The molecule has 1 saturated carbocycles. The molecule has 1 aromatic rings. The van der Waals surface area contributed by atoms with Crippen LogP contribution >= 0.6 is 15.9 Å². The van der Waals surface area contributed by atoms with Crippen molar-refractivity contribution in [2.75, 3.05) is 11.9 Å². The van der Waals surface area contributed by atoms with Crippen LogP contribution in [-0.4, -0.2) is 22.2 Å². The lowest BCUT2D eigenvalue weighted by Crippen LogP contribution is -2.43. The SMILES string of the molecule is OC1(CNc2ncccc2Br)CCC1. The first kappa shape index (κ1) is 9.93. The molecule has 1 fully saturated rings. The Morgan fingerprint density at radius 1 is 1.57 bits per heavy atom. The van der Waals surface area contributed by atoms with Gasteiger partial charge in [-0.3, -0.25) is 0 Å². The predicted octanol–water partition coefficient (Wildman–Crippen LogP) is 2.17. The fourth-order valence-corrected chi connectivity index (χ4v) is 1.92. The average molecular weight is 257 g/mol. The van der Waals surface area contributed by atoms with E-state index in [1.807, 2.05) is 12.1 Å². The minimum absolute atomic E-state index is 0.503. The highest BCUT2D eigenvalue weighted by Gasteiger charge is 2.34. The molecule has 1 aliphatic rings. The van der Waals surface area contributed by atoms with Crippen molar-refractivity contribution < 1.29 is 5.11 Å². The first-order chi connectivity index (χ1) is 6.70. The van der Waals surface area contributed by atoms with Crippen molar-refractivity contribution in [3.63, 3.8) is 0 Å². The summed E-state index contributed by atoms with van der Waals surface area (Å²) in [5.74, 6) is 0.799. The van der Waals surface area contributed by atoms with Crippen LogP contribution in [0.15, 0.2) is 22.8 Å². The van der Waals surface area contributed by atoms with Crippen LogP contribution in [0.25, 0.3) is 0 Å². The van der Waals surface area contributed by atoms with Gasteiger partial charge < -0.3 is 10.4 Å². The van der Waals surface area contributed by atoms with Crippen LogP contribution in [0, 0.1) is 0 Å². The minimum Gasteiger partial charge on any atom is -0.388 e. The highest BCUT2D eigenvalue weighted by atomic mass is 79.9. The van der Waals surface area contributed by atoms with Crippen molar-refractivity contribution in [1.29, 1.82) is 0 Å². The van der Waals surface area contributed by atoms with E-state index in [0.717, 1.165) is 29.6 Å². The number of hydrogen-bond acceptors (Lipinski definition) is 3. The van der Waals surface area contributed by atoms with Crippen molar-refractivity contribution in [1.82, 2.24) is 4.98 Å². The molecule has 3 nitrogen and oxygen atoms in total. The second-order valence-corrected chi connectivity index (χ2v) is 4.62. The summed E-state index contributed by atoms with van der Waals surface area (Å²) in [6, 6.07) is 3.80. The van der Waals surface area contributed by atoms with E-state index >= 15 is 0 Å². The molecule has 0 amide bonds. The fourth-order valence-electron chi connectivity index (χ4n) is 1.53. The zero-order valence-electron chi connectivity index (χ0n) is 7.83. The number of anilines is 1. The molecule has 0 spiro atoms. The Hall–Kier alpha value is -0.610. The molecule has 0 aromatic carbocycles. The number of aromatic nitrogens is 1. The Balaban J connectivity index is 1.95. The molecule has 0 unspecified atom stereocenters. The highest BCUT2D eigenvalue weighted by Crippen LogP contribution is 2.32. The van der Waals surface area contributed by atoms with Crippen molar-refractivity contribution >= 4 is 21.7 Å². The quantitative estimate of drug-likeness (QED) is 0.872. The molecule has 76 valence electrons. The number of nitrogens with one attached hydrogen (secondary N) is 1. The van der Waals surface area contributed by atoms with E-state index in [1.165, 1.54) is 0 Å². The van der Waals surface area contributed by atoms with E-state index in [1.54, 1.807) is 6.20 Å². The van der Waals surface area contributed by atoms with Crippen LogP contribution in [0.3, 0.4) is 0 Å². The van der Waals surface area contributed by atoms with Crippen molar-refractivity contribution in [3.8, 4) is 0 Å². The Bertz CT molecular complexity index is 326. The van der Waals surface area contributed by atoms with Gasteiger partial charge in [0.25, 0.3) is 0 Å². The van der Waals surface area contributed by atoms with Gasteiger partial charge in [-0.2, -0.15) is 0 Å². The van der Waals surface area contributed by atoms with Gasteiger partial charge in [0.1, 0.15) is 5.82 Å². The largest absolute Gasteiger partial charge is 0.388 e. The van der Waals surface area contributed by atoms with Gasteiger partial charge in [-0.1, -0.05) is 0 Å². The summed E-state index contributed by atoms with van der Waals surface area (Å²) in [7, 11) is 0. The fraction of sp³-hybridized carbons (Fsp3) is 0.500. The Morgan fingerprint density at radius 2 is 2.36 bits per heavy atom. The third-order valence-corrected chi connectivity index (χ3v) is 3.27. The van der Waals surface area contributed by atoms with Gasteiger partial charge >= 0.3 is 0 Å². The number of aliphatic hydroxyl groups is 1. The molecule has 1 aliphatic carbocycles. The maximum atomic E-state index is 9.86. The summed E-state index contributed by atoms with van der Waals surface area (Å²) >= 11 is 3.40. The lowest BCUT2D eigenvalue weighted by Gasteiger charge is -2.36. The summed E-state index contributed by atoms with van der Waals surface area (Å²) < 4.78 is 0.933. The summed E-state index contributed by atoms with van der Waals surface area (Å²) in [5, 5.41) is 13.0. The molecule has 0 bridgehead atoms. The molecule has 0 atom stereocenters. The Kier molecular flexibility index (Phi) is 2.74. The van der Waals surface area contributed by atoms with Crippen LogP contribution in [0.2, 0.25) is 0 Å². The highest BCUT2D eigenvalue weighted by molar-refractivity contribution is 9.10. The van der Waals surface area contributed by atoms with Gasteiger partial charge in [0, 0.05) is 12.7 Å². The summed E-state index contributed by atoms with van der Waals surface area (Å²) in [6.45, 7) is 0.586. The molecule has 0 aliphatic heterocycles. The maximum absolute atomic E-state index is 9.86. The molecular formula is C10H13BrN2O. The summed E-state index contributed by atoms with van der Waals surface area (Å²) in [4.78, 5) is 4.17. The molecule has 14 heavy (non-hydrogen) atoms. The van der Waals surface area contributed by atoms with Crippen LogP contribution in [0.5, 0.6) is 0 Å². The predicted molar refractivity (Wildman–Crippen MR) is 59.2 cm³/mol. The van der Waals surface area contributed by atoms with Gasteiger partial charge in [-0.25, -0.2) is 4.98 Å². The molecule has 2 rings (SSSR count). The van der Waals surface area contributed by atoms with Crippen LogP contribution in [0.1, 0.15) is 19.3 Å². The van der Waals surface area contributed by atoms with Crippen LogP contribution < -0.4 is 5.32 Å². The Morgan fingerprint density at radius 3 is 2.93 bits per heavy atom. The monoisotopic (exact) mass is 256 g/mol. The van der Waals surface area contributed by atoms with E-state index in [2.05, 4.69) is 26.2 Å². The molecule has 1 aromatic heterocycles. The lowest BCUT2D eigenvalue weighted by molar-refractivity contribution is -0.0202. The molecule has 0 saturated heterocycles. The average Bonchev–Trinajstić information content (AvgIpc) is 2.14. The van der Waals surface area contributed by atoms with E-state index in [9.17, 15) is 5.11 Å². The smallest absolute Gasteiger partial charge is 0.140 e. The molecule has 0 radical (unpaired) electrons. The first-order valence-corrected chi connectivity index (χ1v) is 5.56. The van der Waals surface area contributed by atoms with Crippen molar-refractivity contribution in [2.45, 2.75) is 24.9 Å². The first-order valence-electron chi connectivity index (χ1n) is 4.76. The third kappa shape index (κ3) is 2.07. The molecule has 4 heteroatoms.